The lowest BCUT2D eigenvalue weighted by molar-refractivity contribution is 0.112. The molecule has 2 heterocycles. The minimum absolute atomic E-state index is 0.206. The molecule has 1 aliphatic carbocycles. The molecule has 0 bridgehead atoms. The van der Waals surface area contributed by atoms with E-state index in [1.807, 2.05) is 23.1 Å². The SMILES string of the molecule is O=Cc1cc2c(cc1-c1cnn(CC3CCCC3)c1)OCO2. The monoisotopic (exact) mass is 298 g/mol. The molecule has 0 N–H and O–H groups in total. The maximum absolute atomic E-state index is 11.4. The molecular formula is C17H18N2O3. The van der Waals surface area contributed by atoms with Gasteiger partial charge in [0.1, 0.15) is 0 Å². The summed E-state index contributed by atoms with van der Waals surface area (Å²) in [5, 5.41) is 4.45. The molecule has 22 heavy (non-hydrogen) atoms. The summed E-state index contributed by atoms with van der Waals surface area (Å²) in [4.78, 5) is 11.4. The van der Waals surface area contributed by atoms with E-state index in [-0.39, 0.29) is 6.79 Å². The molecule has 1 fully saturated rings. The average Bonchev–Trinajstić information content (AvgIpc) is 3.27. The Morgan fingerprint density at radius 2 is 2.00 bits per heavy atom. The second kappa shape index (κ2) is 5.48. The average molecular weight is 298 g/mol. The fraction of sp³-hybridized carbons (Fsp3) is 0.412. The zero-order chi connectivity index (χ0) is 14.9. The molecule has 0 unspecified atom stereocenters. The first-order valence-corrected chi connectivity index (χ1v) is 7.75. The van der Waals surface area contributed by atoms with Crippen LogP contribution in [0.4, 0.5) is 0 Å². The summed E-state index contributed by atoms with van der Waals surface area (Å²) in [5.41, 5.74) is 2.39. The molecule has 4 rings (SSSR count). The van der Waals surface area contributed by atoms with E-state index < -0.39 is 0 Å². The number of aromatic nitrogens is 2. The predicted octanol–water partition coefficient (Wildman–Crippen LogP) is 3.28. The van der Waals surface area contributed by atoms with Crippen LogP contribution in [0, 0.1) is 5.92 Å². The molecule has 0 amide bonds. The molecule has 0 spiro atoms. The van der Waals surface area contributed by atoms with Crippen molar-refractivity contribution in [3.8, 4) is 22.6 Å². The van der Waals surface area contributed by atoms with Gasteiger partial charge in [-0.2, -0.15) is 5.10 Å². The first kappa shape index (κ1) is 13.4. The molecule has 5 nitrogen and oxygen atoms in total. The molecule has 1 aromatic carbocycles. The number of aldehydes is 1. The van der Waals surface area contributed by atoms with Gasteiger partial charge in [0.25, 0.3) is 0 Å². The molecule has 5 heteroatoms. The van der Waals surface area contributed by atoms with Gasteiger partial charge in [0.2, 0.25) is 6.79 Å². The highest BCUT2D eigenvalue weighted by molar-refractivity contribution is 5.89. The van der Waals surface area contributed by atoms with E-state index in [1.54, 1.807) is 6.07 Å². The third-order valence-corrected chi connectivity index (χ3v) is 4.54. The number of carbonyl (C=O) groups is 1. The fourth-order valence-electron chi connectivity index (χ4n) is 3.37. The zero-order valence-electron chi connectivity index (χ0n) is 12.3. The topological polar surface area (TPSA) is 53.4 Å². The Balaban J connectivity index is 1.64. The van der Waals surface area contributed by atoms with Crippen LogP contribution in [-0.4, -0.2) is 22.9 Å². The maximum atomic E-state index is 11.4. The number of hydrogen-bond donors (Lipinski definition) is 0. The smallest absolute Gasteiger partial charge is 0.231 e. The molecule has 114 valence electrons. The van der Waals surface area contributed by atoms with Crippen LogP contribution in [0.25, 0.3) is 11.1 Å². The van der Waals surface area contributed by atoms with Gasteiger partial charge in [0, 0.05) is 23.9 Å². The molecular weight excluding hydrogens is 280 g/mol. The van der Waals surface area contributed by atoms with Crippen molar-refractivity contribution >= 4 is 6.29 Å². The van der Waals surface area contributed by atoms with E-state index in [9.17, 15) is 4.79 Å². The van der Waals surface area contributed by atoms with Crippen LogP contribution >= 0.6 is 0 Å². The van der Waals surface area contributed by atoms with Gasteiger partial charge < -0.3 is 9.47 Å². The van der Waals surface area contributed by atoms with E-state index in [4.69, 9.17) is 9.47 Å². The van der Waals surface area contributed by atoms with Crippen LogP contribution < -0.4 is 9.47 Å². The number of carbonyl (C=O) groups excluding carboxylic acids is 1. The lowest BCUT2D eigenvalue weighted by Crippen LogP contribution is -2.07. The van der Waals surface area contributed by atoms with E-state index in [2.05, 4.69) is 5.10 Å². The number of ether oxygens (including phenoxy) is 2. The summed E-state index contributed by atoms with van der Waals surface area (Å²) in [6, 6.07) is 3.60. The molecule has 0 atom stereocenters. The van der Waals surface area contributed by atoms with Gasteiger partial charge >= 0.3 is 0 Å². The Morgan fingerprint density at radius 3 is 2.77 bits per heavy atom. The fourth-order valence-corrected chi connectivity index (χ4v) is 3.37. The van der Waals surface area contributed by atoms with Crippen molar-refractivity contribution in [1.29, 1.82) is 0 Å². The molecule has 0 radical (unpaired) electrons. The summed E-state index contributed by atoms with van der Waals surface area (Å²) >= 11 is 0. The van der Waals surface area contributed by atoms with Gasteiger partial charge in [-0.05, 0) is 36.5 Å². The molecule has 1 saturated carbocycles. The van der Waals surface area contributed by atoms with Crippen molar-refractivity contribution in [1.82, 2.24) is 9.78 Å². The minimum atomic E-state index is 0.206. The molecule has 2 aliphatic rings. The third-order valence-electron chi connectivity index (χ3n) is 4.54. The number of hydrogen-bond acceptors (Lipinski definition) is 4. The first-order chi connectivity index (χ1) is 10.8. The summed E-state index contributed by atoms with van der Waals surface area (Å²) in [6.07, 6.45) is 9.93. The molecule has 1 aromatic heterocycles. The summed E-state index contributed by atoms with van der Waals surface area (Å²) in [5.74, 6) is 2.04. The largest absolute Gasteiger partial charge is 0.454 e. The Labute approximate surface area is 128 Å². The van der Waals surface area contributed by atoms with Gasteiger partial charge in [-0.1, -0.05) is 12.8 Å². The van der Waals surface area contributed by atoms with Crippen molar-refractivity contribution in [3.05, 3.63) is 30.1 Å². The van der Waals surface area contributed by atoms with Crippen molar-refractivity contribution in [2.24, 2.45) is 5.92 Å². The minimum Gasteiger partial charge on any atom is -0.454 e. The lowest BCUT2D eigenvalue weighted by Gasteiger charge is -2.08. The number of fused-ring (bicyclic) bond motifs is 1. The van der Waals surface area contributed by atoms with E-state index in [0.29, 0.717) is 17.1 Å². The Morgan fingerprint density at radius 1 is 1.23 bits per heavy atom. The highest BCUT2D eigenvalue weighted by Crippen LogP contribution is 2.38. The van der Waals surface area contributed by atoms with Gasteiger partial charge in [-0.15, -0.1) is 0 Å². The standard InChI is InChI=1S/C17H18N2O3/c20-10-13-5-16-17(22-11-21-16)6-15(13)14-7-18-19(9-14)8-12-3-1-2-4-12/h5-7,9-10,12H,1-4,8,11H2. The summed E-state index contributed by atoms with van der Waals surface area (Å²) < 4.78 is 12.7. The van der Waals surface area contributed by atoms with Crippen molar-refractivity contribution in [2.75, 3.05) is 6.79 Å². The number of benzene rings is 1. The zero-order valence-corrected chi connectivity index (χ0v) is 12.3. The lowest BCUT2D eigenvalue weighted by atomic mass is 10.0. The Bertz CT molecular complexity index is 702. The maximum Gasteiger partial charge on any atom is 0.231 e. The first-order valence-electron chi connectivity index (χ1n) is 7.75. The molecule has 1 aliphatic heterocycles. The Kier molecular flexibility index (Phi) is 3.33. The van der Waals surface area contributed by atoms with Crippen molar-refractivity contribution in [2.45, 2.75) is 32.2 Å². The summed E-state index contributed by atoms with van der Waals surface area (Å²) in [7, 11) is 0. The van der Waals surface area contributed by atoms with Crippen LogP contribution in [0.5, 0.6) is 11.5 Å². The van der Waals surface area contributed by atoms with Gasteiger partial charge in [0.15, 0.2) is 17.8 Å². The number of rotatable bonds is 4. The van der Waals surface area contributed by atoms with Crippen molar-refractivity contribution in [3.63, 3.8) is 0 Å². The number of nitrogens with zero attached hydrogens (tertiary/aromatic N) is 2. The van der Waals surface area contributed by atoms with Crippen LogP contribution in [0.15, 0.2) is 24.5 Å². The van der Waals surface area contributed by atoms with Crippen LogP contribution in [-0.2, 0) is 6.54 Å². The van der Waals surface area contributed by atoms with Crippen LogP contribution in [0.2, 0.25) is 0 Å². The van der Waals surface area contributed by atoms with E-state index in [0.717, 1.165) is 29.9 Å². The second-order valence-electron chi connectivity index (χ2n) is 6.01. The van der Waals surface area contributed by atoms with Crippen molar-refractivity contribution < 1.29 is 14.3 Å². The highest BCUT2D eigenvalue weighted by atomic mass is 16.7. The van der Waals surface area contributed by atoms with E-state index in [1.165, 1.54) is 25.7 Å². The van der Waals surface area contributed by atoms with Gasteiger partial charge in [0.05, 0.1) is 6.20 Å². The quantitative estimate of drug-likeness (QED) is 0.813. The molecule has 2 aromatic rings. The summed E-state index contributed by atoms with van der Waals surface area (Å²) in [6.45, 7) is 1.17. The van der Waals surface area contributed by atoms with Gasteiger partial charge in [-0.25, -0.2) is 0 Å². The van der Waals surface area contributed by atoms with Crippen LogP contribution in [0.3, 0.4) is 0 Å². The third kappa shape index (κ3) is 2.36. The highest BCUT2D eigenvalue weighted by Gasteiger charge is 2.20. The normalized spacial score (nSPS) is 17.1. The van der Waals surface area contributed by atoms with Gasteiger partial charge in [-0.3, -0.25) is 9.48 Å². The van der Waals surface area contributed by atoms with E-state index >= 15 is 0 Å². The predicted molar refractivity (Wildman–Crippen MR) is 81.1 cm³/mol. The second-order valence-corrected chi connectivity index (χ2v) is 6.01. The Hall–Kier alpha value is -2.30. The molecule has 0 saturated heterocycles. The van der Waals surface area contributed by atoms with Crippen LogP contribution in [0.1, 0.15) is 36.0 Å².